The summed E-state index contributed by atoms with van der Waals surface area (Å²) in [7, 11) is -9.91. The molecule has 0 radical (unpaired) electrons. The summed E-state index contributed by atoms with van der Waals surface area (Å²) in [5.41, 5.74) is 0. The second-order valence-electron chi connectivity index (χ2n) is 27.6. The number of aliphatic hydroxyl groups excluding tert-OH is 1. The maximum Gasteiger partial charge on any atom is 0.472 e. The standard InChI is InChI=1S/C76H148O17P2/c1-6-10-13-16-19-22-25-28-30-31-32-33-36-39-42-45-52-57-62-75(80)92-71(65-86-73(78)59-54-49-43-40-37-35-29-26-23-20-17-14-11-7-2)67-90-94(82,83)88-63-70(77)64-89-95(84,85)91-68-72(66-87-74(79)60-55-50-47-46-48-53-58-69(5)9-4)93-76(81)61-56-51-44-41-38-34-27-24-21-18-15-12-8-3/h69-72,77H,6-68H2,1-5H3,(H,82,83)(H,84,85)/t69?,70-,71-,72-/m1/s1. The van der Waals surface area contributed by atoms with E-state index in [1.54, 1.807) is 0 Å². The first-order valence-electron chi connectivity index (χ1n) is 39.7. The van der Waals surface area contributed by atoms with Crippen molar-refractivity contribution in [2.75, 3.05) is 39.6 Å². The van der Waals surface area contributed by atoms with Crippen LogP contribution in [0.5, 0.6) is 0 Å². The topological polar surface area (TPSA) is 237 Å². The number of carbonyl (C=O) groups is 4. The Bertz CT molecular complexity index is 1820. The molecule has 0 saturated carbocycles. The lowest BCUT2D eigenvalue weighted by Gasteiger charge is -2.21. The van der Waals surface area contributed by atoms with Crippen LogP contribution in [-0.4, -0.2) is 96.7 Å². The third-order valence-corrected chi connectivity index (χ3v) is 20.0. The average molecular weight is 1400 g/mol. The van der Waals surface area contributed by atoms with Gasteiger partial charge in [-0.05, 0) is 31.6 Å². The molecule has 3 unspecified atom stereocenters. The van der Waals surface area contributed by atoms with Crippen LogP contribution >= 0.6 is 15.6 Å². The van der Waals surface area contributed by atoms with E-state index in [0.29, 0.717) is 25.7 Å². The quantitative estimate of drug-likeness (QED) is 0.0222. The Labute approximate surface area is 581 Å². The van der Waals surface area contributed by atoms with E-state index in [4.69, 9.17) is 37.0 Å². The van der Waals surface area contributed by atoms with Crippen molar-refractivity contribution in [3.8, 4) is 0 Å². The van der Waals surface area contributed by atoms with Gasteiger partial charge in [0.15, 0.2) is 12.2 Å². The molecule has 17 nitrogen and oxygen atoms in total. The zero-order valence-electron chi connectivity index (χ0n) is 61.8. The minimum Gasteiger partial charge on any atom is -0.462 e. The third-order valence-electron chi connectivity index (χ3n) is 18.1. The van der Waals surface area contributed by atoms with Crippen LogP contribution in [0.4, 0.5) is 0 Å². The van der Waals surface area contributed by atoms with Crippen molar-refractivity contribution in [3.05, 3.63) is 0 Å². The maximum atomic E-state index is 13.1. The van der Waals surface area contributed by atoms with Crippen LogP contribution < -0.4 is 0 Å². The second kappa shape index (κ2) is 69.2. The highest BCUT2D eigenvalue weighted by molar-refractivity contribution is 7.47. The molecular weight excluding hydrogens is 1250 g/mol. The van der Waals surface area contributed by atoms with E-state index < -0.39 is 97.5 Å². The number of aliphatic hydroxyl groups is 1. The monoisotopic (exact) mass is 1400 g/mol. The molecule has 95 heavy (non-hydrogen) atoms. The van der Waals surface area contributed by atoms with Gasteiger partial charge in [-0.25, -0.2) is 9.13 Å². The Morgan fingerprint density at radius 2 is 0.505 bits per heavy atom. The van der Waals surface area contributed by atoms with Gasteiger partial charge >= 0.3 is 39.5 Å². The van der Waals surface area contributed by atoms with E-state index in [1.807, 2.05) is 0 Å². The molecule has 0 aromatic heterocycles. The minimum absolute atomic E-state index is 0.107. The first-order valence-corrected chi connectivity index (χ1v) is 42.7. The average Bonchev–Trinajstić information content (AvgIpc) is 1.41. The molecule has 0 spiro atoms. The summed E-state index contributed by atoms with van der Waals surface area (Å²) >= 11 is 0. The molecule has 0 rings (SSSR count). The zero-order valence-corrected chi connectivity index (χ0v) is 63.6. The summed E-state index contributed by atoms with van der Waals surface area (Å²) in [6.45, 7) is 7.26. The molecule has 0 saturated heterocycles. The molecule has 19 heteroatoms. The summed E-state index contributed by atoms with van der Waals surface area (Å²) in [4.78, 5) is 72.8. The highest BCUT2D eigenvalue weighted by Crippen LogP contribution is 2.45. The molecular formula is C76H148O17P2. The molecule has 0 aromatic carbocycles. The second-order valence-corrected chi connectivity index (χ2v) is 30.5. The SMILES string of the molecule is CCCCCCCCCCCCCCCCCCCCC(=O)O[C@H](COC(=O)CCCCCCCCCCCCCCCC)COP(=O)(O)OC[C@@H](O)COP(=O)(O)OC[C@@H](COC(=O)CCCCCCCCC(C)CC)OC(=O)CCCCCCCCCCCCCCC. The Hall–Kier alpha value is -1.94. The van der Waals surface area contributed by atoms with E-state index in [0.717, 1.165) is 102 Å². The summed E-state index contributed by atoms with van der Waals surface area (Å²) < 4.78 is 68.5. The number of esters is 4. The largest absolute Gasteiger partial charge is 0.472 e. The van der Waals surface area contributed by atoms with E-state index in [2.05, 4.69) is 34.6 Å². The molecule has 6 atom stereocenters. The van der Waals surface area contributed by atoms with Crippen LogP contribution in [-0.2, 0) is 65.4 Å². The van der Waals surface area contributed by atoms with Gasteiger partial charge in [0.2, 0.25) is 0 Å². The minimum atomic E-state index is -4.96. The maximum absolute atomic E-state index is 13.1. The van der Waals surface area contributed by atoms with Gasteiger partial charge in [0.25, 0.3) is 0 Å². The van der Waals surface area contributed by atoms with E-state index >= 15 is 0 Å². The summed E-state index contributed by atoms with van der Waals surface area (Å²) in [5.74, 6) is -1.38. The Morgan fingerprint density at radius 1 is 0.295 bits per heavy atom. The van der Waals surface area contributed by atoms with Crippen molar-refractivity contribution < 1.29 is 80.2 Å². The number of hydrogen-bond donors (Lipinski definition) is 3. The molecule has 0 aliphatic carbocycles. The fourth-order valence-electron chi connectivity index (χ4n) is 11.7. The molecule has 3 N–H and O–H groups in total. The first kappa shape index (κ1) is 93.1. The summed E-state index contributed by atoms with van der Waals surface area (Å²) in [5, 5.41) is 10.6. The van der Waals surface area contributed by atoms with Gasteiger partial charge in [-0.1, -0.05) is 349 Å². The number of phosphoric acid groups is 2. The van der Waals surface area contributed by atoms with Crippen molar-refractivity contribution in [3.63, 3.8) is 0 Å². The predicted molar refractivity (Wildman–Crippen MR) is 386 cm³/mol. The molecule has 0 aliphatic heterocycles. The number of phosphoric ester groups is 2. The van der Waals surface area contributed by atoms with Crippen LogP contribution in [0.3, 0.4) is 0 Å². The summed E-state index contributed by atoms with van der Waals surface area (Å²) in [6, 6.07) is 0. The Kier molecular flexibility index (Phi) is 67.7. The van der Waals surface area contributed by atoms with Gasteiger partial charge in [0.1, 0.15) is 19.3 Å². The lowest BCUT2D eigenvalue weighted by atomic mass is 10.00. The number of rotatable bonds is 76. The normalized spacial score (nSPS) is 14.2. The highest BCUT2D eigenvalue weighted by Gasteiger charge is 2.30. The van der Waals surface area contributed by atoms with Crippen LogP contribution in [0.15, 0.2) is 0 Å². The van der Waals surface area contributed by atoms with Gasteiger partial charge in [-0.2, -0.15) is 0 Å². The zero-order chi connectivity index (χ0) is 69.8. The molecule has 564 valence electrons. The van der Waals surface area contributed by atoms with Gasteiger partial charge < -0.3 is 33.8 Å². The first-order chi connectivity index (χ1) is 46.1. The number of unbranched alkanes of at least 4 members (excludes halogenated alkanes) is 47. The van der Waals surface area contributed by atoms with Crippen LogP contribution in [0.25, 0.3) is 0 Å². The highest BCUT2D eigenvalue weighted by atomic mass is 31.2. The molecule has 0 bridgehead atoms. The van der Waals surface area contributed by atoms with Crippen molar-refractivity contribution in [1.82, 2.24) is 0 Å². The van der Waals surface area contributed by atoms with Crippen molar-refractivity contribution in [2.45, 2.75) is 419 Å². The van der Waals surface area contributed by atoms with E-state index in [1.165, 1.54) is 218 Å². The van der Waals surface area contributed by atoms with E-state index in [9.17, 15) is 43.2 Å². The fraction of sp³-hybridized carbons (Fsp3) is 0.947. The van der Waals surface area contributed by atoms with Gasteiger partial charge in [-0.3, -0.25) is 37.3 Å². The lowest BCUT2D eigenvalue weighted by molar-refractivity contribution is -0.161. The van der Waals surface area contributed by atoms with Gasteiger partial charge in [-0.15, -0.1) is 0 Å². The molecule has 0 amide bonds. The van der Waals surface area contributed by atoms with Crippen LogP contribution in [0.2, 0.25) is 0 Å². The fourth-order valence-corrected chi connectivity index (χ4v) is 13.3. The molecule has 0 heterocycles. The van der Waals surface area contributed by atoms with Gasteiger partial charge in [0.05, 0.1) is 26.4 Å². The van der Waals surface area contributed by atoms with Crippen molar-refractivity contribution >= 4 is 39.5 Å². The summed E-state index contributed by atoms with van der Waals surface area (Å²) in [6.07, 6.45) is 58.2. The Balaban J connectivity index is 5.24. The van der Waals surface area contributed by atoms with Crippen molar-refractivity contribution in [1.29, 1.82) is 0 Å². The molecule has 0 aromatic rings. The van der Waals surface area contributed by atoms with Crippen LogP contribution in [0, 0.1) is 5.92 Å². The van der Waals surface area contributed by atoms with Crippen molar-refractivity contribution in [2.24, 2.45) is 5.92 Å². The van der Waals surface area contributed by atoms with E-state index in [-0.39, 0.29) is 25.7 Å². The number of carbonyl (C=O) groups excluding carboxylic acids is 4. The van der Waals surface area contributed by atoms with Gasteiger partial charge in [0, 0.05) is 25.7 Å². The molecule has 0 fully saturated rings. The smallest absolute Gasteiger partial charge is 0.462 e. The predicted octanol–water partition coefficient (Wildman–Crippen LogP) is 22.5. The molecule has 0 aliphatic rings. The lowest BCUT2D eigenvalue weighted by Crippen LogP contribution is -2.30. The number of ether oxygens (including phenoxy) is 4. The Morgan fingerprint density at radius 3 is 0.747 bits per heavy atom. The third kappa shape index (κ3) is 69.0. The van der Waals surface area contributed by atoms with Crippen LogP contribution in [0.1, 0.15) is 401 Å². The number of hydrogen-bond acceptors (Lipinski definition) is 15.